The van der Waals surface area contributed by atoms with Crippen molar-refractivity contribution in [3.63, 3.8) is 0 Å². The molecule has 0 heterocycles. The molecule has 21 heavy (non-hydrogen) atoms. The van der Waals surface area contributed by atoms with Crippen LogP contribution in [0.3, 0.4) is 0 Å². The lowest BCUT2D eigenvalue weighted by Gasteiger charge is -2.25. The van der Waals surface area contributed by atoms with Gasteiger partial charge in [0.25, 0.3) is 0 Å². The minimum absolute atomic E-state index is 0.0781. The van der Waals surface area contributed by atoms with Crippen LogP contribution in [0.2, 0.25) is 0 Å². The van der Waals surface area contributed by atoms with Crippen LogP contribution >= 0.6 is 0 Å². The van der Waals surface area contributed by atoms with Crippen molar-refractivity contribution in [1.82, 2.24) is 0 Å². The van der Waals surface area contributed by atoms with Crippen molar-refractivity contribution < 1.29 is 9.90 Å². The summed E-state index contributed by atoms with van der Waals surface area (Å²) in [4.78, 5) is 11.6. The van der Waals surface area contributed by atoms with Crippen LogP contribution in [-0.2, 0) is 17.6 Å². The number of hydrogen-bond acceptors (Lipinski definition) is 3. The van der Waals surface area contributed by atoms with Crippen LogP contribution in [0, 0.1) is 5.92 Å². The second-order valence-corrected chi connectivity index (χ2v) is 7.04. The maximum Gasteiger partial charge on any atom is 0.133 e. The molecule has 1 aromatic carbocycles. The Morgan fingerprint density at radius 2 is 2.19 bits per heavy atom. The third-order valence-electron chi connectivity index (χ3n) is 5.46. The van der Waals surface area contributed by atoms with E-state index in [-0.39, 0.29) is 18.1 Å². The fourth-order valence-electron chi connectivity index (χ4n) is 3.96. The average Bonchev–Trinajstić information content (AvgIpc) is 2.89. The smallest absolute Gasteiger partial charge is 0.133 e. The number of rotatable bonds is 3. The van der Waals surface area contributed by atoms with Crippen molar-refractivity contribution in [2.24, 2.45) is 11.7 Å². The van der Waals surface area contributed by atoms with Gasteiger partial charge < -0.3 is 10.8 Å². The van der Waals surface area contributed by atoms with Gasteiger partial charge in [-0.05, 0) is 68.1 Å². The van der Waals surface area contributed by atoms with E-state index in [1.54, 1.807) is 6.92 Å². The van der Waals surface area contributed by atoms with Crippen LogP contribution in [0.25, 0.3) is 0 Å². The molecule has 1 unspecified atom stereocenters. The second-order valence-electron chi connectivity index (χ2n) is 7.04. The minimum Gasteiger partial charge on any atom is -0.394 e. The molecule has 3 nitrogen and oxygen atoms in total. The summed E-state index contributed by atoms with van der Waals surface area (Å²) >= 11 is 0. The topological polar surface area (TPSA) is 63.3 Å². The van der Waals surface area contributed by atoms with Crippen molar-refractivity contribution >= 4 is 5.78 Å². The lowest BCUT2D eigenvalue weighted by atomic mass is 9.80. The van der Waals surface area contributed by atoms with Crippen LogP contribution in [0.5, 0.6) is 0 Å². The highest BCUT2D eigenvalue weighted by atomic mass is 16.3. The number of nitrogens with two attached hydrogens (primary N) is 1. The van der Waals surface area contributed by atoms with E-state index in [1.807, 2.05) is 0 Å². The number of fused-ring (bicyclic) bond motifs is 1. The molecule has 114 valence electrons. The maximum atomic E-state index is 11.6. The van der Waals surface area contributed by atoms with Gasteiger partial charge in [-0.2, -0.15) is 0 Å². The van der Waals surface area contributed by atoms with E-state index in [0.717, 1.165) is 38.5 Å². The first kappa shape index (κ1) is 14.7. The van der Waals surface area contributed by atoms with Gasteiger partial charge in [-0.15, -0.1) is 0 Å². The first-order valence-electron chi connectivity index (χ1n) is 8.03. The fraction of sp³-hybridized carbons (Fsp3) is 0.611. The van der Waals surface area contributed by atoms with Gasteiger partial charge in [-0.3, -0.25) is 4.79 Å². The van der Waals surface area contributed by atoms with Gasteiger partial charge in [-0.1, -0.05) is 18.2 Å². The highest BCUT2D eigenvalue weighted by Crippen LogP contribution is 2.40. The standard InChI is InChI=1S/C18H25NO2/c1-12(21)13-2-3-15-9-16(5-4-14(15)8-13)17-6-7-18(19,10-17)11-20/h4-5,9,13,17,20H,2-3,6-8,10-11,19H2,1H3/t13?,17-,18+/m0/s1. The molecule has 0 radical (unpaired) electrons. The van der Waals surface area contributed by atoms with Crippen molar-refractivity contribution in [3.8, 4) is 0 Å². The first-order chi connectivity index (χ1) is 10.0. The molecule has 2 aliphatic carbocycles. The molecule has 0 aromatic heterocycles. The molecule has 3 heteroatoms. The van der Waals surface area contributed by atoms with Gasteiger partial charge in [0.1, 0.15) is 5.78 Å². The minimum atomic E-state index is -0.389. The number of aryl methyl sites for hydroxylation is 1. The number of benzene rings is 1. The summed E-state index contributed by atoms with van der Waals surface area (Å²) in [7, 11) is 0. The second kappa shape index (κ2) is 5.54. The van der Waals surface area contributed by atoms with E-state index in [0.29, 0.717) is 11.7 Å². The summed E-state index contributed by atoms with van der Waals surface area (Å²) in [5.41, 5.74) is 9.90. The van der Waals surface area contributed by atoms with Gasteiger partial charge in [-0.25, -0.2) is 0 Å². The van der Waals surface area contributed by atoms with E-state index in [4.69, 9.17) is 5.73 Å². The largest absolute Gasteiger partial charge is 0.394 e. The number of aliphatic hydroxyl groups excluding tert-OH is 1. The van der Waals surface area contributed by atoms with Gasteiger partial charge in [0, 0.05) is 11.5 Å². The zero-order valence-corrected chi connectivity index (χ0v) is 12.8. The van der Waals surface area contributed by atoms with Gasteiger partial charge >= 0.3 is 0 Å². The Kier molecular flexibility index (Phi) is 3.89. The molecular weight excluding hydrogens is 262 g/mol. The number of carbonyl (C=O) groups is 1. The monoisotopic (exact) mass is 287 g/mol. The van der Waals surface area contributed by atoms with E-state index in [2.05, 4.69) is 18.2 Å². The molecule has 3 atom stereocenters. The molecule has 0 saturated heterocycles. The van der Waals surface area contributed by atoms with E-state index >= 15 is 0 Å². The lowest BCUT2D eigenvalue weighted by molar-refractivity contribution is -0.121. The fourth-order valence-corrected chi connectivity index (χ4v) is 3.96. The molecule has 0 spiro atoms. The molecule has 0 amide bonds. The Balaban J connectivity index is 1.77. The number of Topliss-reactive ketones (excluding diaryl/α,β-unsaturated/α-hetero) is 1. The van der Waals surface area contributed by atoms with Crippen molar-refractivity contribution in [2.75, 3.05) is 6.61 Å². The zero-order chi connectivity index (χ0) is 15.0. The quantitative estimate of drug-likeness (QED) is 0.897. The molecule has 1 aromatic rings. The van der Waals surface area contributed by atoms with Gasteiger partial charge in [0.15, 0.2) is 0 Å². The van der Waals surface area contributed by atoms with Crippen LogP contribution < -0.4 is 5.73 Å². The highest BCUT2D eigenvalue weighted by Gasteiger charge is 2.36. The lowest BCUT2D eigenvalue weighted by Crippen LogP contribution is -2.40. The predicted octanol–water partition coefficient (Wildman–Crippen LogP) is 2.34. The van der Waals surface area contributed by atoms with Crippen molar-refractivity contribution in [2.45, 2.75) is 56.9 Å². The summed E-state index contributed by atoms with van der Waals surface area (Å²) in [6, 6.07) is 6.73. The van der Waals surface area contributed by atoms with E-state index in [1.165, 1.54) is 16.7 Å². The van der Waals surface area contributed by atoms with Crippen LogP contribution in [0.15, 0.2) is 18.2 Å². The van der Waals surface area contributed by atoms with E-state index in [9.17, 15) is 9.90 Å². The highest BCUT2D eigenvalue weighted by molar-refractivity contribution is 5.79. The maximum absolute atomic E-state index is 11.6. The Morgan fingerprint density at radius 3 is 2.86 bits per heavy atom. The third-order valence-corrected chi connectivity index (χ3v) is 5.46. The Hall–Kier alpha value is -1.19. The molecule has 1 fully saturated rings. The van der Waals surface area contributed by atoms with Crippen molar-refractivity contribution in [3.05, 3.63) is 34.9 Å². The molecule has 0 aliphatic heterocycles. The van der Waals surface area contributed by atoms with Crippen molar-refractivity contribution in [1.29, 1.82) is 0 Å². The summed E-state index contributed by atoms with van der Waals surface area (Å²) < 4.78 is 0. The number of aliphatic hydroxyl groups is 1. The summed E-state index contributed by atoms with van der Waals surface area (Å²) in [5.74, 6) is 0.996. The summed E-state index contributed by atoms with van der Waals surface area (Å²) in [6.45, 7) is 1.78. The third kappa shape index (κ3) is 2.90. The normalized spacial score (nSPS) is 32.0. The Labute approximate surface area is 126 Å². The van der Waals surface area contributed by atoms with Gasteiger partial charge in [0.05, 0.1) is 6.61 Å². The first-order valence-corrected chi connectivity index (χ1v) is 8.03. The summed E-state index contributed by atoms with van der Waals surface area (Å²) in [5, 5.41) is 9.41. The molecule has 2 aliphatic rings. The predicted molar refractivity (Wildman–Crippen MR) is 83.2 cm³/mol. The number of hydrogen-bond donors (Lipinski definition) is 2. The molecule has 3 rings (SSSR count). The molecular formula is C18H25NO2. The van der Waals surface area contributed by atoms with Crippen LogP contribution in [0.1, 0.15) is 55.2 Å². The molecule has 0 bridgehead atoms. The van der Waals surface area contributed by atoms with Crippen LogP contribution in [0.4, 0.5) is 0 Å². The van der Waals surface area contributed by atoms with Gasteiger partial charge in [0.2, 0.25) is 0 Å². The Morgan fingerprint density at radius 1 is 1.38 bits per heavy atom. The Bertz CT molecular complexity index is 554. The average molecular weight is 287 g/mol. The number of carbonyl (C=O) groups excluding carboxylic acids is 1. The van der Waals surface area contributed by atoms with Crippen LogP contribution in [-0.4, -0.2) is 23.0 Å². The zero-order valence-electron chi connectivity index (χ0n) is 12.8. The summed E-state index contributed by atoms with van der Waals surface area (Å²) in [6.07, 6.45) is 5.72. The SMILES string of the molecule is CC(=O)C1CCc2cc([C@H]3CC[C@](N)(CO)C3)ccc2C1. The molecule has 1 saturated carbocycles. The van der Waals surface area contributed by atoms with E-state index < -0.39 is 0 Å². The molecule has 3 N–H and O–H groups in total. The number of ketones is 1.